The maximum Gasteiger partial charge on any atom is 0.138 e. The van der Waals surface area contributed by atoms with Crippen LogP contribution in [0.4, 0.5) is 5.82 Å². The lowest BCUT2D eigenvalue weighted by Crippen LogP contribution is -2.35. The summed E-state index contributed by atoms with van der Waals surface area (Å²) in [6.07, 6.45) is 2.02. The van der Waals surface area contributed by atoms with Gasteiger partial charge >= 0.3 is 0 Å². The number of aliphatic hydroxyl groups excluding tert-OH is 1. The van der Waals surface area contributed by atoms with Crippen molar-refractivity contribution in [2.24, 2.45) is 12.8 Å². The molecule has 1 fully saturated rings. The summed E-state index contributed by atoms with van der Waals surface area (Å²) in [6, 6.07) is 0.114. The number of anilines is 1. The van der Waals surface area contributed by atoms with Crippen LogP contribution in [0.3, 0.4) is 0 Å². The fourth-order valence-corrected chi connectivity index (χ4v) is 2.60. The summed E-state index contributed by atoms with van der Waals surface area (Å²) >= 11 is 0. The molecule has 1 atom stereocenters. The largest absolute Gasteiger partial charge is 0.394 e. The van der Waals surface area contributed by atoms with Crippen LogP contribution >= 0.6 is 0 Å². The first kappa shape index (κ1) is 11.9. The highest BCUT2D eigenvalue weighted by atomic mass is 16.3. The summed E-state index contributed by atoms with van der Waals surface area (Å²) in [5, 5.41) is 21.3. The maximum atomic E-state index is 9.37. The van der Waals surface area contributed by atoms with E-state index in [0.29, 0.717) is 5.56 Å². The van der Waals surface area contributed by atoms with Crippen molar-refractivity contribution in [2.75, 3.05) is 18.1 Å². The van der Waals surface area contributed by atoms with E-state index in [9.17, 15) is 5.11 Å². The summed E-state index contributed by atoms with van der Waals surface area (Å²) in [4.78, 5) is 2.11. The van der Waals surface area contributed by atoms with Gasteiger partial charge in [0.25, 0.3) is 0 Å². The highest BCUT2D eigenvalue weighted by molar-refractivity contribution is 6.01. The lowest BCUT2D eigenvalue weighted by molar-refractivity contribution is 0.265. The van der Waals surface area contributed by atoms with Crippen molar-refractivity contribution < 1.29 is 5.11 Å². The van der Waals surface area contributed by atoms with Gasteiger partial charge in [0.05, 0.1) is 23.9 Å². The van der Waals surface area contributed by atoms with Gasteiger partial charge in [-0.05, 0) is 19.8 Å². The first-order valence-electron chi connectivity index (χ1n) is 5.81. The van der Waals surface area contributed by atoms with Crippen molar-refractivity contribution in [3.05, 3.63) is 11.3 Å². The molecule has 2 rings (SSSR count). The minimum atomic E-state index is 0.0363. The molecule has 0 amide bonds. The highest BCUT2D eigenvalue weighted by Crippen LogP contribution is 2.29. The fraction of sp³-hybridized carbons (Fsp3) is 0.636. The van der Waals surface area contributed by atoms with Crippen LogP contribution < -0.4 is 10.6 Å². The molecule has 6 nitrogen and oxygen atoms in total. The van der Waals surface area contributed by atoms with Crippen LogP contribution in [0.25, 0.3) is 0 Å². The van der Waals surface area contributed by atoms with Gasteiger partial charge in [0, 0.05) is 13.6 Å². The molecule has 1 aliphatic rings. The molecule has 94 valence electrons. The third kappa shape index (κ3) is 1.88. The Morgan fingerprint density at radius 1 is 1.65 bits per heavy atom. The van der Waals surface area contributed by atoms with E-state index in [0.717, 1.165) is 30.9 Å². The first-order valence-corrected chi connectivity index (χ1v) is 5.81. The molecule has 17 heavy (non-hydrogen) atoms. The molecule has 0 spiro atoms. The summed E-state index contributed by atoms with van der Waals surface area (Å²) < 4.78 is 1.75. The second kappa shape index (κ2) is 4.37. The Morgan fingerprint density at radius 2 is 2.35 bits per heavy atom. The average molecular weight is 237 g/mol. The average Bonchev–Trinajstić information content (AvgIpc) is 2.81. The number of hydrogen-bond acceptors (Lipinski definition) is 4. The number of aliphatic hydroxyl groups is 1. The standard InChI is InChI=1S/C11H19N5O/c1-7-9(10(12)13)11(15(2)14-7)16-5-3-4-8(16)6-17/h8,17H,3-6H2,1-2H3,(H3,12,13). The van der Waals surface area contributed by atoms with Gasteiger partial charge in [0.15, 0.2) is 0 Å². The topological polar surface area (TPSA) is 91.2 Å². The molecule has 1 aliphatic heterocycles. The molecular weight excluding hydrogens is 218 g/mol. The summed E-state index contributed by atoms with van der Waals surface area (Å²) in [5.41, 5.74) is 7.07. The van der Waals surface area contributed by atoms with Crippen LogP contribution in [-0.2, 0) is 7.05 Å². The van der Waals surface area contributed by atoms with Gasteiger partial charge in [-0.15, -0.1) is 0 Å². The third-order valence-corrected chi connectivity index (χ3v) is 3.32. The molecule has 0 aromatic carbocycles. The van der Waals surface area contributed by atoms with Crippen LogP contribution in [0.2, 0.25) is 0 Å². The van der Waals surface area contributed by atoms with Crippen molar-refractivity contribution in [3.8, 4) is 0 Å². The lowest BCUT2D eigenvalue weighted by atomic mass is 10.2. The zero-order chi connectivity index (χ0) is 12.6. The number of nitrogen functional groups attached to an aromatic ring is 1. The predicted molar refractivity (Wildman–Crippen MR) is 66.4 cm³/mol. The Bertz CT molecular complexity index is 439. The van der Waals surface area contributed by atoms with Crippen molar-refractivity contribution in [2.45, 2.75) is 25.8 Å². The monoisotopic (exact) mass is 237 g/mol. The number of rotatable bonds is 3. The minimum Gasteiger partial charge on any atom is -0.394 e. The molecular formula is C11H19N5O. The van der Waals surface area contributed by atoms with E-state index >= 15 is 0 Å². The Labute approximate surface area is 101 Å². The molecule has 1 aromatic heterocycles. The Hall–Kier alpha value is -1.56. The zero-order valence-electron chi connectivity index (χ0n) is 10.3. The van der Waals surface area contributed by atoms with E-state index in [4.69, 9.17) is 11.1 Å². The van der Waals surface area contributed by atoms with Crippen molar-refractivity contribution in [1.82, 2.24) is 9.78 Å². The Kier molecular flexibility index (Phi) is 3.06. The third-order valence-electron chi connectivity index (χ3n) is 3.32. The van der Waals surface area contributed by atoms with E-state index < -0.39 is 0 Å². The Morgan fingerprint density at radius 3 is 2.94 bits per heavy atom. The molecule has 1 aromatic rings. The zero-order valence-corrected chi connectivity index (χ0v) is 10.3. The van der Waals surface area contributed by atoms with Gasteiger partial charge in [-0.1, -0.05) is 0 Å². The van der Waals surface area contributed by atoms with Crippen LogP contribution in [-0.4, -0.2) is 39.9 Å². The number of nitrogens with zero attached hydrogens (tertiary/aromatic N) is 3. The SMILES string of the molecule is Cc1nn(C)c(N2CCCC2CO)c1C(=N)N. The van der Waals surface area contributed by atoms with Gasteiger partial charge in [0.1, 0.15) is 11.7 Å². The minimum absolute atomic E-state index is 0.0363. The van der Waals surface area contributed by atoms with Crippen molar-refractivity contribution >= 4 is 11.7 Å². The molecule has 6 heteroatoms. The quantitative estimate of drug-likeness (QED) is 0.508. The maximum absolute atomic E-state index is 9.37. The van der Waals surface area contributed by atoms with Gasteiger partial charge in [-0.3, -0.25) is 10.1 Å². The number of amidine groups is 1. The normalized spacial score (nSPS) is 19.9. The van der Waals surface area contributed by atoms with E-state index in [2.05, 4.69) is 10.00 Å². The van der Waals surface area contributed by atoms with Crippen molar-refractivity contribution in [1.29, 1.82) is 5.41 Å². The predicted octanol–water partition coefficient (Wildman–Crippen LogP) is -0.0263. The summed E-state index contributed by atoms with van der Waals surface area (Å²) in [7, 11) is 1.85. The molecule has 1 saturated heterocycles. The molecule has 2 heterocycles. The molecule has 0 saturated carbocycles. The summed E-state index contributed by atoms with van der Waals surface area (Å²) in [6.45, 7) is 2.86. The van der Waals surface area contributed by atoms with Crippen LogP contribution in [0, 0.1) is 12.3 Å². The van der Waals surface area contributed by atoms with Crippen LogP contribution in [0.15, 0.2) is 0 Å². The molecule has 0 aliphatic carbocycles. The second-order valence-corrected chi connectivity index (χ2v) is 4.49. The first-order chi connectivity index (χ1) is 8.06. The smallest absolute Gasteiger partial charge is 0.138 e. The molecule has 1 unspecified atom stereocenters. The van der Waals surface area contributed by atoms with Crippen LogP contribution in [0.5, 0.6) is 0 Å². The summed E-state index contributed by atoms with van der Waals surface area (Å²) in [5.74, 6) is 0.890. The fourth-order valence-electron chi connectivity index (χ4n) is 2.60. The van der Waals surface area contributed by atoms with Gasteiger partial charge in [-0.25, -0.2) is 0 Å². The number of nitrogens with two attached hydrogens (primary N) is 1. The number of aromatic nitrogens is 2. The second-order valence-electron chi connectivity index (χ2n) is 4.49. The van der Waals surface area contributed by atoms with E-state index in [-0.39, 0.29) is 18.5 Å². The molecule has 0 radical (unpaired) electrons. The molecule has 0 bridgehead atoms. The number of hydrogen-bond donors (Lipinski definition) is 3. The van der Waals surface area contributed by atoms with Crippen LogP contribution in [0.1, 0.15) is 24.1 Å². The number of aryl methyl sites for hydroxylation is 2. The molecule has 4 N–H and O–H groups in total. The van der Waals surface area contributed by atoms with Gasteiger partial charge in [-0.2, -0.15) is 5.10 Å². The van der Waals surface area contributed by atoms with E-state index in [1.165, 1.54) is 0 Å². The van der Waals surface area contributed by atoms with Crippen molar-refractivity contribution in [3.63, 3.8) is 0 Å². The highest BCUT2D eigenvalue weighted by Gasteiger charge is 2.30. The van der Waals surface area contributed by atoms with Gasteiger partial charge < -0.3 is 15.7 Å². The van der Waals surface area contributed by atoms with Gasteiger partial charge in [0.2, 0.25) is 0 Å². The Balaban J connectivity index is 2.47. The number of nitrogens with one attached hydrogen (secondary N) is 1. The van der Waals surface area contributed by atoms with E-state index in [1.54, 1.807) is 4.68 Å². The lowest BCUT2D eigenvalue weighted by Gasteiger charge is -2.26. The van der Waals surface area contributed by atoms with E-state index in [1.807, 2.05) is 14.0 Å².